The van der Waals surface area contributed by atoms with Crippen molar-refractivity contribution in [3.05, 3.63) is 0 Å². The maximum absolute atomic E-state index is 13.3. The fourth-order valence-electron chi connectivity index (χ4n) is 10.5. The van der Waals surface area contributed by atoms with Crippen molar-refractivity contribution in [1.82, 2.24) is 0 Å². The van der Waals surface area contributed by atoms with E-state index in [1.165, 1.54) is 0 Å². The topological polar surface area (TPSA) is 177 Å². The lowest BCUT2D eigenvalue weighted by molar-refractivity contribution is -0.226. The van der Waals surface area contributed by atoms with Gasteiger partial charge in [-0.2, -0.15) is 0 Å². The van der Waals surface area contributed by atoms with Crippen molar-refractivity contribution < 1.29 is 33.7 Å². The van der Waals surface area contributed by atoms with E-state index in [0.29, 0.717) is 70.0 Å². The predicted molar refractivity (Wildman–Crippen MR) is 176 cm³/mol. The Morgan fingerprint density at radius 3 is 2.00 bits per heavy atom. The Morgan fingerprint density at radius 1 is 0.783 bits per heavy atom. The molecule has 0 bridgehead atoms. The van der Waals surface area contributed by atoms with Crippen molar-refractivity contribution in [3.8, 4) is 0 Å². The van der Waals surface area contributed by atoms with Crippen LogP contribution in [-0.2, 0) is 28.6 Å². The largest absolute Gasteiger partial charge is 0.462 e. The zero-order valence-corrected chi connectivity index (χ0v) is 28.8. The molecular weight excluding hydrogens is 586 g/mol. The number of hydrogen-bond donors (Lipinski definition) is 4. The Balaban J connectivity index is 1.68. The molecule has 0 aliphatic heterocycles. The Morgan fingerprint density at radius 2 is 1.39 bits per heavy atom. The summed E-state index contributed by atoms with van der Waals surface area (Å²) >= 11 is 0. The molecule has 0 aromatic carbocycles. The average Bonchev–Trinajstić information content (AvgIpc) is 3.39. The molecule has 4 fully saturated rings. The number of carbonyl (C=O) groups is 3. The lowest BCUT2D eigenvalue weighted by Crippen LogP contribution is -2.63. The third-order valence-electron chi connectivity index (χ3n) is 12.9. The van der Waals surface area contributed by atoms with Crippen molar-refractivity contribution >= 4 is 17.9 Å². The van der Waals surface area contributed by atoms with Crippen LogP contribution in [0.25, 0.3) is 0 Å². The van der Waals surface area contributed by atoms with Crippen LogP contribution in [0.4, 0.5) is 0 Å². The second-order valence-corrected chi connectivity index (χ2v) is 15.4. The fourth-order valence-corrected chi connectivity index (χ4v) is 10.5. The lowest BCUT2D eigenvalue weighted by atomic mass is 9.43. The molecule has 0 amide bonds. The van der Waals surface area contributed by atoms with Crippen LogP contribution < -0.4 is 17.2 Å². The number of carbonyl (C=O) groups excluding carboxylic acids is 3. The van der Waals surface area contributed by atoms with E-state index in [-0.39, 0.29) is 77.3 Å². The molecule has 10 heteroatoms. The summed E-state index contributed by atoms with van der Waals surface area (Å²) in [5, 5.41) is 9.62. The highest BCUT2D eigenvalue weighted by Crippen LogP contribution is 2.69. The van der Waals surface area contributed by atoms with Crippen LogP contribution in [0.2, 0.25) is 0 Å². The minimum atomic E-state index is -0.269. The van der Waals surface area contributed by atoms with Crippen molar-refractivity contribution in [2.45, 2.75) is 135 Å². The Bertz CT molecular complexity index is 1030. The van der Waals surface area contributed by atoms with E-state index in [4.69, 9.17) is 31.4 Å². The van der Waals surface area contributed by atoms with Crippen LogP contribution in [0.15, 0.2) is 0 Å². The van der Waals surface area contributed by atoms with Gasteiger partial charge in [-0.15, -0.1) is 0 Å². The Labute approximate surface area is 276 Å². The molecule has 0 saturated heterocycles. The second kappa shape index (κ2) is 16.6. The molecule has 0 aromatic rings. The average molecular weight is 650 g/mol. The first-order valence-corrected chi connectivity index (χ1v) is 18.3. The number of esters is 3. The molecule has 0 heterocycles. The van der Waals surface area contributed by atoms with Gasteiger partial charge in [-0.25, -0.2) is 0 Å². The minimum Gasteiger partial charge on any atom is -0.462 e. The van der Waals surface area contributed by atoms with Gasteiger partial charge in [-0.3, -0.25) is 14.4 Å². The number of fused-ring (bicyclic) bond motifs is 5. The molecule has 0 spiro atoms. The highest BCUT2D eigenvalue weighted by atomic mass is 16.6. The number of aliphatic hydroxyl groups excluding tert-OH is 1. The molecule has 7 N–H and O–H groups in total. The lowest BCUT2D eigenvalue weighted by Gasteiger charge is -2.64. The molecule has 264 valence electrons. The molecule has 4 aliphatic carbocycles. The molecule has 0 radical (unpaired) electrons. The van der Waals surface area contributed by atoms with Crippen molar-refractivity contribution in [3.63, 3.8) is 0 Å². The second-order valence-electron chi connectivity index (χ2n) is 15.4. The van der Waals surface area contributed by atoms with E-state index in [2.05, 4.69) is 20.8 Å². The summed E-state index contributed by atoms with van der Waals surface area (Å²) in [6.07, 6.45) is 9.75. The van der Waals surface area contributed by atoms with Gasteiger partial charge in [0, 0.05) is 37.2 Å². The zero-order chi connectivity index (χ0) is 33.5. The normalized spacial score (nSPS) is 37.4. The van der Waals surface area contributed by atoms with E-state index in [9.17, 15) is 19.5 Å². The third kappa shape index (κ3) is 7.92. The molecular formula is C36H63N3O7. The van der Waals surface area contributed by atoms with E-state index in [1.807, 2.05) is 0 Å². The number of aliphatic hydroxyl groups is 1. The third-order valence-corrected chi connectivity index (χ3v) is 12.9. The summed E-state index contributed by atoms with van der Waals surface area (Å²) in [4.78, 5) is 39.0. The van der Waals surface area contributed by atoms with Gasteiger partial charge in [0.05, 0.1) is 0 Å². The first kappa shape index (κ1) is 37.1. The van der Waals surface area contributed by atoms with Gasteiger partial charge in [-0.1, -0.05) is 20.8 Å². The standard InChI is InChI=1S/C36H63N3O7/c1-23(8-7-19-40)26-12-13-27-34-28(22-30(36(26,27)3)46-33(43)11-6-18-39)35(2)15-14-25(44-31(41)9-4-16-37)20-24(35)21-29(34)45-32(42)10-5-17-38/h23-30,34,40H,4-22,37-39H2,1-3H3/t23-,24?,25-,26?,27+,28+,29-,30+,34?,35?,36?/m1/s1. The summed E-state index contributed by atoms with van der Waals surface area (Å²) in [5.41, 5.74) is 16.8. The van der Waals surface area contributed by atoms with Gasteiger partial charge in [0.25, 0.3) is 0 Å². The fraction of sp³-hybridized carbons (Fsp3) is 0.917. The molecule has 0 aromatic heterocycles. The summed E-state index contributed by atoms with van der Waals surface area (Å²) in [7, 11) is 0. The summed E-state index contributed by atoms with van der Waals surface area (Å²) < 4.78 is 18.9. The smallest absolute Gasteiger partial charge is 0.306 e. The Kier molecular flexibility index (Phi) is 13.4. The molecule has 10 nitrogen and oxygen atoms in total. The van der Waals surface area contributed by atoms with Gasteiger partial charge in [0.2, 0.25) is 0 Å². The van der Waals surface area contributed by atoms with Gasteiger partial charge in [0.1, 0.15) is 18.3 Å². The van der Waals surface area contributed by atoms with Gasteiger partial charge in [-0.05, 0) is 132 Å². The highest BCUT2D eigenvalue weighted by Gasteiger charge is 2.67. The van der Waals surface area contributed by atoms with Gasteiger partial charge in [0.15, 0.2) is 0 Å². The van der Waals surface area contributed by atoms with Crippen LogP contribution in [0, 0.1) is 46.3 Å². The summed E-state index contributed by atoms with van der Waals surface area (Å²) in [5.74, 6) is 0.931. The van der Waals surface area contributed by atoms with Gasteiger partial charge < -0.3 is 36.5 Å². The maximum Gasteiger partial charge on any atom is 0.306 e. The summed E-state index contributed by atoms with van der Waals surface area (Å²) in [6, 6.07) is 0. The van der Waals surface area contributed by atoms with Crippen molar-refractivity contribution in [2.24, 2.45) is 63.5 Å². The van der Waals surface area contributed by atoms with E-state index < -0.39 is 0 Å². The number of rotatable bonds is 16. The van der Waals surface area contributed by atoms with Crippen molar-refractivity contribution in [1.29, 1.82) is 0 Å². The first-order chi connectivity index (χ1) is 22.0. The van der Waals surface area contributed by atoms with Crippen LogP contribution >= 0.6 is 0 Å². The summed E-state index contributed by atoms with van der Waals surface area (Å²) in [6.45, 7) is 8.52. The molecule has 5 unspecified atom stereocenters. The molecule has 4 saturated carbocycles. The van der Waals surface area contributed by atoms with Gasteiger partial charge >= 0.3 is 17.9 Å². The zero-order valence-electron chi connectivity index (χ0n) is 28.8. The van der Waals surface area contributed by atoms with Crippen LogP contribution in [0.3, 0.4) is 0 Å². The molecule has 4 rings (SSSR count). The SMILES string of the molecule is C[C@H](CCCO)C1CC[C@H]2C3[C@H](OC(=O)CCCN)CC4C[C@H](OC(=O)CCCN)CCC4(C)[C@H]3C[C@H](OC(=O)CCCN)C12C. The maximum atomic E-state index is 13.3. The predicted octanol–water partition coefficient (Wildman–Crippen LogP) is 4.23. The van der Waals surface area contributed by atoms with E-state index in [0.717, 1.165) is 57.8 Å². The first-order valence-electron chi connectivity index (χ1n) is 18.3. The van der Waals surface area contributed by atoms with E-state index >= 15 is 0 Å². The van der Waals surface area contributed by atoms with E-state index in [1.54, 1.807) is 0 Å². The molecule has 11 atom stereocenters. The van der Waals surface area contributed by atoms with Crippen LogP contribution in [-0.4, -0.2) is 67.6 Å². The van der Waals surface area contributed by atoms with Crippen LogP contribution in [0.5, 0.6) is 0 Å². The molecule has 4 aliphatic rings. The van der Waals surface area contributed by atoms with Crippen LogP contribution in [0.1, 0.15) is 117 Å². The quantitative estimate of drug-likeness (QED) is 0.140. The Hall–Kier alpha value is -1.75. The van der Waals surface area contributed by atoms with Crippen molar-refractivity contribution in [2.75, 3.05) is 26.2 Å². The highest BCUT2D eigenvalue weighted by molar-refractivity contribution is 5.70. The molecule has 46 heavy (non-hydrogen) atoms. The number of hydrogen-bond acceptors (Lipinski definition) is 10. The number of ether oxygens (including phenoxy) is 3. The minimum absolute atomic E-state index is 0.0607. The number of nitrogens with two attached hydrogens (primary N) is 3. The monoisotopic (exact) mass is 649 g/mol.